The number of hydrazone groups is 1. The highest BCUT2D eigenvalue weighted by Gasteiger charge is 2.14. The van der Waals surface area contributed by atoms with E-state index in [1.807, 2.05) is 22.6 Å². The van der Waals surface area contributed by atoms with Crippen molar-refractivity contribution in [1.29, 1.82) is 0 Å². The molecule has 0 atom stereocenters. The van der Waals surface area contributed by atoms with E-state index >= 15 is 0 Å². The first-order valence-corrected chi connectivity index (χ1v) is 7.32. The number of aromatic nitrogens is 3. The second-order valence-corrected chi connectivity index (χ2v) is 5.65. The largest absolute Gasteiger partial charge is 0.505 e. The van der Waals surface area contributed by atoms with Crippen LogP contribution in [0, 0.1) is 10.5 Å². The zero-order valence-corrected chi connectivity index (χ0v) is 14.1. The number of nitrogens with zero attached hydrogens (tertiary/aromatic N) is 4. The fourth-order valence-corrected chi connectivity index (χ4v) is 2.50. The molecule has 1 amide bonds. The molecule has 0 saturated heterocycles. The van der Waals surface area contributed by atoms with E-state index in [4.69, 9.17) is 0 Å². The molecule has 22 heavy (non-hydrogen) atoms. The van der Waals surface area contributed by atoms with Crippen LogP contribution in [0.3, 0.4) is 0 Å². The molecule has 0 aromatic carbocycles. The third-order valence-corrected chi connectivity index (χ3v) is 3.68. The lowest BCUT2D eigenvalue weighted by Crippen LogP contribution is -2.19. The number of hydrogen-bond acceptors (Lipinski definition) is 6. The van der Waals surface area contributed by atoms with Crippen LogP contribution in [0.15, 0.2) is 17.5 Å². The second kappa shape index (κ2) is 6.83. The number of halogens is 1. The van der Waals surface area contributed by atoms with Crippen LogP contribution in [0.1, 0.15) is 27.3 Å². The maximum Gasteiger partial charge on any atom is 0.292 e. The van der Waals surface area contributed by atoms with Crippen LogP contribution in [0.25, 0.3) is 0 Å². The Morgan fingerprint density at radius 1 is 1.59 bits per heavy atom. The summed E-state index contributed by atoms with van der Waals surface area (Å²) < 4.78 is 2.23. The van der Waals surface area contributed by atoms with Gasteiger partial charge in [0.25, 0.3) is 5.91 Å². The van der Waals surface area contributed by atoms with Crippen LogP contribution in [-0.4, -0.2) is 37.1 Å². The second-order valence-electron chi connectivity index (χ2n) is 4.49. The van der Waals surface area contributed by atoms with Gasteiger partial charge in [-0.25, -0.2) is 5.43 Å². The molecule has 2 aromatic rings. The Labute approximate surface area is 140 Å². The number of nitrogens with one attached hydrogen (secondary N) is 1. The van der Waals surface area contributed by atoms with Crippen molar-refractivity contribution in [1.82, 2.24) is 20.2 Å². The molecule has 0 radical (unpaired) electrons. The van der Waals surface area contributed by atoms with Crippen LogP contribution >= 0.6 is 22.6 Å². The van der Waals surface area contributed by atoms with Crippen LogP contribution in [-0.2, 0) is 13.7 Å². The van der Waals surface area contributed by atoms with Gasteiger partial charge in [-0.15, -0.1) is 0 Å². The molecule has 0 aliphatic heterocycles. The number of aryl methyl sites for hydroxylation is 2. The smallest absolute Gasteiger partial charge is 0.292 e. The summed E-state index contributed by atoms with van der Waals surface area (Å²) >= 11 is 2.00. The van der Waals surface area contributed by atoms with E-state index in [9.17, 15) is 15.0 Å². The molecule has 2 heterocycles. The molecule has 0 bridgehead atoms. The minimum Gasteiger partial charge on any atom is -0.505 e. The topological polar surface area (TPSA) is 113 Å². The number of carbonyl (C=O) groups excluding carboxylic acids is 1. The predicted octanol–water partition coefficient (Wildman–Crippen LogP) is 0.690. The Morgan fingerprint density at radius 2 is 2.32 bits per heavy atom. The zero-order chi connectivity index (χ0) is 16.3. The molecule has 2 rings (SSSR count). The molecule has 2 aromatic heterocycles. The molecule has 8 nitrogen and oxygen atoms in total. The van der Waals surface area contributed by atoms with E-state index in [2.05, 4.69) is 20.6 Å². The molecular weight excluding hydrogens is 401 g/mol. The van der Waals surface area contributed by atoms with Gasteiger partial charge in [0.2, 0.25) is 0 Å². The molecule has 0 spiro atoms. The van der Waals surface area contributed by atoms with Crippen LogP contribution in [0.4, 0.5) is 0 Å². The summed E-state index contributed by atoms with van der Waals surface area (Å²) in [5.41, 5.74) is 3.73. The maximum atomic E-state index is 11.9. The summed E-state index contributed by atoms with van der Waals surface area (Å²) in [4.78, 5) is 15.9. The van der Waals surface area contributed by atoms with Crippen molar-refractivity contribution in [3.63, 3.8) is 0 Å². The Kier molecular flexibility index (Phi) is 5.08. The van der Waals surface area contributed by atoms with Crippen LogP contribution in [0.5, 0.6) is 5.75 Å². The molecule has 116 valence electrons. The highest BCUT2D eigenvalue weighted by molar-refractivity contribution is 14.1. The first kappa shape index (κ1) is 16.4. The first-order chi connectivity index (χ1) is 10.4. The fraction of sp³-hybridized carbons (Fsp3) is 0.231. The third kappa shape index (κ3) is 3.42. The van der Waals surface area contributed by atoms with Gasteiger partial charge in [0, 0.05) is 30.6 Å². The number of carbonyl (C=O) groups is 1. The Balaban J connectivity index is 2.18. The van der Waals surface area contributed by atoms with E-state index in [0.29, 0.717) is 20.4 Å². The van der Waals surface area contributed by atoms with E-state index in [0.717, 1.165) is 0 Å². The summed E-state index contributed by atoms with van der Waals surface area (Å²) in [5.74, 6) is -0.547. The van der Waals surface area contributed by atoms with Crippen LogP contribution < -0.4 is 5.43 Å². The fourth-order valence-electron chi connectivity index (χ4n) is 1.74. The number of pyridine rings is 1. The van der Waals surface area contributed by atoms with Gasteiger partial charge in [0.15, 0.2) is 5.69 Å². The molecule has 0 aliphatic rings. The quantitative estimate of drug-likeness (QED) is 0.387. The van der Waals surface area contributed by atoms with Crippen molar-refractivity contribution >= 4 is 34.7 Å². The van der Waals surface area contributed by atoms with Gasteiger partial charge in [0.05, 0.1) is 22.1 Å². The van der Waals surface area contributed by atoms with E-state index in [1.54, 1.807) is 20.2 Å². The zero-order valence-electron chi connectivity index (χ0n) is 11.9. The van der Waals surface area contributed by atoms with E-state index in [-0.39, 0.29) is 18.1 Å². The average Bonchev–Trinajstić information content (AvgIpc) is 2.82. The van der Waals surface area contributed by atoms with Gasteiger partial charge < -0.3 is 10.2 Å². The molecular formula is C13H14IN5O3. The van der Waals surface area contributed by atoms with E-state index < -0.39 is 5.91 Å². The molecule has 3 N–H and O–H groups in total. The summed E-state index contributed by atoms with van der Waals surface area (Å²) in [5, 5.41) is 27.0. The first-order valence-electron chi connectivity index (χ1n) is 6.25. The number of aromatic hydroxyl groups is 1. The standard InChI is InChI=1S/C13H14IN5O3/c1-7-12(21)9(8(6-20)3-15-7)4-16-17-13(22)11-10(14)5-19(2)18-11/h3-5,20-21H,6H2,1-2H3,(H,17,22)/b16-4+. The summed E-state index contributed by atoms with van der Waals surface area (Å²) in [7, 11) is 1.72. The minimum absolute atomic E-state index is 0.0861. The molecule has 0 unspecified atom stereocenters. The van der Waals surface area contributed by atoms with Crippen molar-refractivity contribution in [3.8, 4) is 5.75 Å². The van der Waals surface area contributed by atoms with Gasteiger partial charge in [-0.05, 0) is 29.5 Å². The normalized spacial score (nSPS) is 11.1. The molecule has 9 heteroatoms. The van der Waals surface area contributed by atoms with Crippen molar-refractivity contribution in [2.75, 3.05) is 0 Å². The van der Waals surface area contributed by atoms with Crippen molar-refractivity contribution in [2.24, 2.45) is 12.1 Å². The van der Waals surface area contributed by atoms with Crippen molar-refractivity contribution in [3.05, 3.63) is 38.5 Å². The average molecular weight is 415 g/mol. The Bertz CT molecular complexity index is 742. The SMILES string of the molecule is Cc1ncc(CO)c(/C=N/NC(=O)c2nn(C)cc2I)c1O. The number of amides is 1. The molecule has 0 aliphatic carbocycles. The van der Waals surface area contributed by atoms with Crippen LogP contribution in [0.2, 0.25) is 0 Å². The number of aliphatic hydroxyl groups excluding tert-OH is 1. The Morgan fingerprint density at radius 3 is 2.91 bits per heavy atom. The van der Waals surface area contributed by atoms with Crippen molar-refractivity contribution in [2.45, 2.75) is 13.5 Å². The van der Waals surface area contributed by atoms with Crippen molar-refractivity contribution < 1.29 is 15.0 Å². The van der Waals surface area contributed by atoms with Gasteiger partial charge in [-0.2, -0.15) is 10.2 Å². The highest BCUT2D eigenvalue weighted by Crippen LogP contribution is 2.21. The predicted molar refractivity (Wildman–Crippen MR) is 87.5 cm³/mol. The molecule has 0 fully saturated rings. The lowest BCUT2D eigenvalue weighted by atomic mass is 10.1. The highest BCUT2D eigenvalue weighted by atomic mass is 127. The van der Waals surface area contributed by atoms with Gasteiger partial charge in [-0.3, -0.25) is 14.5 Å². The van der Waals surface area contributed by atoms with Gasteiger partial charge in [-0.1, -0.05) is 0 Å². The summed E-state index contributed by atoms with van der Waals surface area (Å²) in [6, 6.07) is 0. The monoisotopic (exact) mass is 415 g/mol. The lowest BCUT2D eigenvalue weighted by Gasteiger charge is -2.06. The van der Waals surface area contributed by atoms with E-state index in [1.165, 1.54) is 17.1 Å². The Hall–Kier alpha value is -2.01. The summed E-state index contributed by atoms with van der Waals surface area (Å²) in [6.45, 7) is 1.33. The van der Waals surface area contributed by atoms with Gasteiger partial charge >= 0.3 is 0 Å². The number of hydrogen-bond donors (Lipinski definition) is 3. The molecule has 0 saturated carbocycles. The third-order valence-electron chi connectivity index (χ3n) is 2.89. The lowest BCUT2D eigenvalue weighted by molar-refractivity contribution is 0.0948. The minimum atomic E-state index is -0.461. The maximum absolute atomic E-state index is 11.9. The number of aliphatic hydroxyl groups is 1. The van der Waals surface area contributed by atoms with Gasteiger partial charge in [0.1, 0.15) is 5.75 Å². The summed E-state index contributed by atoms with van der Waals surface area (Å²) in [6.07, 6.45) is 4.42. The number of rotatable bonds is 4.